The average Bonchev–Trinajstić information content (AvgIpc) is 2.18. The molecule has 90 valence electrons. The van der Waals surface area contributed by atoms with E-state index in [0.717, 1.165) is 18.6 Å². The van der Waals surface area contributed by atoms with Gasteiger partial charge in [0.15, 0.2) is 0 Å². The molecule has 1 rings (SSSR count). The van der Waals surface area contributed by atoms with E-state index >= 15 is 0 Å². The smallest absolute Gasteiger partial charge is 0.0478 e. The van der Waals surface area contributed by atoms with Crippen LogP contribution in [0.1, 0.15) is 26.7 Å². The van der Waals surface area contributed by atoms with E-state index in [1.165, 1.54) is 32.5 Å². The van der Waals surface area contributed by atoms with Crippen LogP contribution in [0.15, 0.2) is 0 Å². The second-order valence-corrected chi connectivity index (χ2v) is 5.19. The third-order valence-electron chi connectivity index (χ3n) is 3.22. The fourth-order valence-electron chi connectivity index (χ4n) is 2.47. The third-order valence-corrected chi connectivity index (χ3v) is 3.22. The van der Waals surface area contributed by atoms with Crippen molar-refractivity contribution in [1.29, 1.82) is 0 Å². The molecule has 1 heterocycles. The van der Waals surface area contributed by atoms with Gasteiger partial charge in [-0.2, -0.15) is 0 Å². The Morgan fingerprint density at radius 3 is 2.40 bits per heavy atom. The number of hydrogen-bond acceptors (Lipinski definition) is 3. The van der Waals surface area contributed by atoms with Crippen molar-refractivity contribution in [3.8, 4) is 0 Å². The first-order valence-electron chi connectivity index (χ1n) is 6.20. The lowest BCUT2D eigenvalue weighted by Gasteiger charge is -2.37. The molecule has 0 radical (unpaired) electrons. The number of likely N-dealkylation sites (tertiary alicyclic amines) is 1. The van der Waals surface area contributed by atoms with Crippen LogP contribution in [0.3, 0.4) is 0 Å². The van der Waals surface area contributed by atoms with E-state index < -0.39 is 0 Å². The molecule has 0 atom stereocenters. The molecular formula is C12H27N3. The monoisotopic (exact) mass is 213 g/mol. The van der Waals surface area contributed by atoms with Gasteiger partial charge in [-0.25, -0.2) is 0 Å². The summed E-state index contributed by atoms with van der Waals surface area (Å²) >= 11 is 0. The lowest BCUT2D eigenvalue weighted by Crippen LogP contribution is -2.46. The predicted molar refractivity (Wildman–Crippen MR) is 66.0 cm³/mol. The average molecular weight is 213 g/mol. The standard InChI is InChI=1S/C12H27N3/c1-11(2)9-14(4)12-5-7-15(8-6-12)10-13-3/h11-13H,5-10H2,1-4H3. The Hall–Kier alpha value is -0.120. The summed E-state index contributed by atoms with van der Waals surface area (Å²) in [5, 5.41) is 3.23. The molecule has 0 saturated carbocycles. The maximum absolute atomic E-state index is 3.23. The fourth-order valence-corrected chi connectivity index (χ4v) is 2.47. The number of piperidine rings is 1. The molecular weight excluding hydrogens is 186 g/mol. The minimum atomic E-state index is 0.783. The van der Waals surface area contributed by atoms with Crippen molar-refractivity contribution >= 4 is 0 Å². The molecule has 3 nitrogen and oxygen atoms in total. The SMILES string of the molecule is CNCN1CCC(N(C)CC(C)C)CC1. The first kappa shape index (κ1) is 12.9. The molecule has 0 aliphatic carbocycles. The normalized spacial score (nSPS) is 20.4. The van der Waals surface area contributed by atoms with E-state index in [9.17, 15) is 0 Å². The topological polar surface area (TPSA) is 18.5 Å². The number of rotatable bonds is 5. The van der Waals surface area contributed by atoms with Crippen LogP contribution >= 0.6 is 0 Å². The fraction of sp³-hybridized carbons (Fsp3) is 1.00. The highest BCUT2D eigenvalue weighted by Crippen LogP contribution is 2.15. The van der Waals surface area contributed by atoms with Gasteiger partial charge in [0.25, 0.3) is 0 Å². The van der Waals surface area contributed by atoms with E-state index in [0.29, 0.717) is 0 Å². The van der Waals surface area contributed by atoms with Gasteiger partial charge in [-0.15, -0.1) is 0 Å². The maximum atomic E-state index is 3.23. The predicted octanol–water partition coefficient (Wildman–Crippen LogP) is 1.22. The molecule has 1 aliphatic heterocycles. The molecule has 0 spiro atoms. The van der Waals surface area contributed by atoms with Gasteiger partial charge in [0.1, 0.15) is 0 Å². The van der Waals surface area contributed by atoms with Crippen LogP contribution < -0.4 is 5.32 Å². The third kappa shape index (κ3) is 4.49. The van der Waals surface area contributed by atoms with E-state index in [1.807, 2.05) is 7.05 Å². The van der Waals surface area contributed by atoms with Gasteiger partial charge in [-0.3, -0.25) is 4.90 Å². The van der Waals surface area contributed by atoms with Gasteiger partial charge in [0.05, 0.1) is 0 Å². The molecule has 0 aromatic rings. The van der Waals surface area contributed by atoms with E-state index in [2.05, 4.69) is 36.0 Å². The molecule has 0 aromatic carbocycles. The molecule has 1 saturated heterocycles. The van der Waals surface area contributed by atoms with Gasteiger partial charge in [-0.05, 0) is 32.9 Å². The number of nitrogens with zero attached hydrogens (tertiary/aromatic N) is 2. The van der Waals surface area contributed by atoms with Crippen LogP contribution in [-0.2, 0) is 0 Å². The molecule has 0 amide bonds. The summed E-state index contributed by atoms with van der Waals surface area (Å²) in [4.78, 5) is 5.04. The summed E-state index contributed by atoms with van der Waals surface area (Å²) in [6.07, 6.45) is 2.65. The van der Waals surface area contributed by atoms with E-state index in [4.69, 9.17) is 0 Å². The van der Waals surface area contributed by atoms with Crippen LogP contribution in [0.2, 0.25) is 0 Å². The highest BCUT2D eigenvalue weighted by atomic mass is 15.2. The van der Waals surface area contributed by atoms with Crippen LogP contribution in [-0.4, -0.2) is 56.2 Å². The lowest BCUT2D eigenvalue weighted by molar-refractivity contribution is 0.116. The van der Waals surface area contributed by atoms with E-state index in [1.54, 1.807) is 0 Å². The summed E-state index contributed by atoms with van der Waals surface area (Å²) in [5.41, 5.74) is 0. The number of nitrogens with one attached hydrogen (secondary N) is 1. The summed E-state index contributed by atoms with van der Waals surface area (Å²) < 4.78 is 0. The zero-order valence-electron chi connectivity index (χ0n) is 10.8. The minimum absolute atomic E-state index is 0.783. The zero-order chi connectivity index (χ0) is 11.3. The minimum Gasteiger partial charge on any atom is -0.307 e. The molecule has 15 heavy (non-hydrogen) atoms. The number of hydrogen-bond donors (Lipinski definition) is 1. The van der Waals surface area contributed by atoms with Crippen molar-refractivity contribution in [2.45, 2.75) is 32.7 Å². The Morgan fingerprint density at radius 1 is 1.33 bits per heavy atom. The Morgan fingerprint density at radius 2 is 1.93 bits per heavy atom. The zero-order valence-corrected chi connectivity index (χ0v) is 10.8. The van der Waals surface area contributed by atoms with Gasteiger partial charge in [0, 0.05) is 32.3 Å². The second kappa shape index (κ2) is 6.46. The summed E-state index contributed by atoms with van der Waals surface area (Å²) in [5.74, 6) is 0.783. The quantitative estimate of drug-likeness (QED) is 0.741. The van der Waals surface area contributed by atoms with Crippen molar-refractivity contribution in [1.82, 2.24) is 15.1 Å². The van der Waals surface area contributed by atoms with Crippen LogP contribution in [0.25, 0.3) is 0 Å². The first-order chi connectivity index (χ1) is 7.13. The van der Waals surface area contributed by atoms with Gasteiger partial charge >= 0.3 is 0 Å². The van der Waals surface area contributed by atoms with Gasteiger partial charge in [0.2, 0.25) is 0 Å². The van der Waals surface area contributed by atoms with Crippen LogP contribution in [0, 0.1) is 5.92 Å². The Labute approximate surface area is 94.8 Å². The van der Waals surface area contributed by atoms with Crippen LogP contribution in [0.4, 0.5) is 0 Å². The van der Waals surface area contributed by atoms with Crippen LogP contribution in [0.5, 0.6) is 0 Å². The largest absolute Gasteiger partial charge is 0.307 e. The van der Waals surface area contributed by atoms with Gasteiger partial charge in [-0.1, -0.05) is 13.8 Å². The molecule has 1 fully saturated rings. The van der Waals surface area contributed by atoms with E-state index in [-0.39, 0.29) is 0 Å². The van der Waals surface area contributed by atoms with Crippen molar-refractivity contribution in [2.24, 2.45) is 5.92 Å². The Balaban J connectivity index is 2.24. The van der Waals surface area contributed by atoms with Crippen molar-refractivity contribution in [3.63, 3.8) is 0 Å². The van der Waals surface area contributed by atoms with Crippen molar-refractivity contribution < 1.29 is 0 Å². The Bertz CT molecular complexity index is 162. The molecule has 1 N–H and O–H groups in total. The van der Waals surface area contributed by atoms with Crippen molar-refractivity contribution in [3.05, 3.63) is 0 Å². The lowest BCUT2D eigenvalue weighted by atomic mass is 10.0. The second-order valence-electron chi connectivity index (χ2n) is 5.19. The first-order valence-corrected chi connectivity index (χ1v) is 6.20. The molecule has 3 heteroatoms. The Kier molecular flexibility index (Phi) is 5.58. The molecule has 0 unspecified atom stereocenters. The maximum Gasteiger partial charge on any atom is 0.0478 e. The molecule has 0 aromatic heterocycles. The summed E-state index contributed by atoms with van der Waals surface area (Å²) in [6.45, 7) is 9.36. The molecule has 0 bridgehead atoms. The summed E-state index contributed by atoms with van der Waals surface area (Å²) in [7, 11) is 4.30. The molecule has 1 aliphatic rings. The highest BCUT2D eigenvalue weighted by Gasteiger charge is 2.21. The highest BCUT2D eigenvalue weighted by molar-refractivity contribution is 4.78. The van der Waals surface area contributed by atoms with Gasteiger partial charge < -0.3 is 10.2 Å². The summed E-state index contributed by atoms with van der Waals surface area (Å²) in [6, 6.07) is 0.806. The van der Waals surface area contributed by atoms with Crippen molar-refractivity contribution in [2.75, 3.05) is 40.4 Å².